The highest BCUT2D eigenvalue weighted by Crippen LogP contribution is 2.13. The van der Waals surface area contributed by atoms with E-state index in [1.54, 1.807) is 17.5 Å². The highest BCUT2D eigenvalue weighted by molar-refractivity contribution is 7.09. The summed E-state index contributed by atoms with van der Waals surface area (Å²) in [7, 11) is 0. The third kappa shape index (κ3) is 2.55. The molecule has 0 bridgehead atoms. The lowest BCUT2D eigenvalue weighted by Crippen LogP contribution is -2.44. The average molecular weight is 198 g/mol. The van der Waals surface area contributed by atoms with Crippen molar-refractivity contribution in [1.82, 2.24) is 0 Å². The fourth-order valence-corrected chi connectivity index (χ4v) is 1.64. The molecule has 13 heavy (non-hydrogen) atoms. The lowest BCUT2D eigenvalue weighted by Gasteiger charge is -2.17. The fourth-order valence-electron chi connectivity index (χ4n) is 0.893. The van der Waals surface area contributed by atoms with Gasteiger partial charge in [-0.3, -0.25) is 0 Å². The molecule has 1 rings (SSSR count). The Bertz CT molecular complexity index is 290. The van der Waals surface area contributed by atoms with Gasteiger partial charge in [-0.2, -0.15) is 0 Å². The second kappa shape index (κ2) is 4.04. The Labute approximate surface area is 78.4 Å². The number of carbonyl (C=O) groups excluding carboxylic acids is 2. The van der Waals surface area contributed by atoms with E-state index in [4.69, 9.17) is 0 Å². The van der Waals surface area contributed by atoms with E-state index in [2.05, 4.69) is 0 Å². The number of rotatable bonds is 4. The van der Waals surface area contributed by atoms with Crippen LogP contribution in [0.5, 0.6) is 0 Å². The molecular formula is C8H6O4S-2. The molecule has 0 aliphatic heterocycles. The molecule has 0 saturated heterocycles. The zero-order chi connectivity index (χ0) is 9.84. The molecule has 0 spiro atoms. The zero-order valence-electron chi connectivity index (χ0n) is 6.56. The molecule has 0 fully saturated rings. The van der Waals surface area contributed by atoms with Crippen molar-refractivity contribution in [3.8, 4) is 0 Å². The van der Waals surface area contributed by atoms with E-state index >= 15 is 0 Å². The third-order valence-electron chi connectivity index (χ3n) is 1.55. The molecule has 1 heterocycles. The summed E-state index contributed by atoms with van der Waals surface area (Å²) in [5, 5.41) is 22.4. The Balaban J connectivity index is 2.69. The Morgan fingerprint density at radius 2 is 2.00 bits per heavy atom. The predicted octanol–water partition coefficient (Wildman–Crippen LogP) is -1.59. The number of thiophene rings is 1. The van der Waals surface area contributed by atoms with Crippen molar-refractivity contribution in [2.75, 3.05) is 0 Å². The maximum absolute atomic E-state index is 10.3. The Hall–Kier alpha value is -1.36. The van der Waals surface area contributed by atoms with E-state index in [1.165, 1.54) is 11.3 Å². The molecule has 0 unspecified atom stereocenters. The first-order valence-corrected chi connectivity index (χ1v) is 4.43. The SMILES string of the molecule is O=C([O-])C(Cc1cccs1)C(=O)[O-]. The first-order valence-electron chi connectivity index (χ1n) is 3.55. The molecule has 0 aliphatic carbocycles. The second-order valence-electron chi connectivity index (χ2n) is 2.47. The van der Waals surface area contributed by atoms with Crippen molar-refractivity contribution in [2.24, 2.45) is 5.92 Å². The van der Waals surface area contributed by atoms with Gasteiger partial charge in [-0.25, -0.2) is 0 Å². The molecule has 1 aromatic rings. The summed E-state index contributed by atoms with van der Waals surface area (Å²) in [6, 6.07) is 3.39. The van der Waals surface area contributed by atoms with E-state index in [0.717, 1.165) is 0 Å². The van der Waals surface area contributed by atoms with Crippen molar-refractivity contribution >= 4 is 23.3 Å². The van der Waals surface area contributed by atoms with Gasteiger partial charge >= 0.3 is 0 Å². The zero-order valence-corrected chi connectivity index (χ0v) is 7.37. The number of hydrogen-bond acceptors (Lipinski definition) is 5. The van der Waals surface area contributed by atoms with Crippen molar-refractivity contribution in [3.05, 3.63) is 22.4 Å². The number of aliphatic carboxylic acids is 2. The molecule has 4 nitrogen and oxygen atoms in total. The quantitative estimate of drug-likeness (QED) is 0.546. The number of carboxylic acid groups (broad SMARTS) is 2. The van der Waals surface area contributed by atoms with Gasteiger partial charge in [0.05, 0.1) is 11.9 Å². The maximum atomic E-state index is 10.3. The van der Waals surface area contributed by atoms with Crippen LogP contribution in [-0.4, -0.2) is 11.9 Å². The van der Waals surface area contributed by atoms with Crippen LogP contribution >= 0.6 is 11.3 Å². The largest absolute Gasteiger partial charge is 0.549 e. The van der Waals surface area contributed by atoms with Crippen molar-refractivity contribution in [2.45, 2.75) is 6.42 Å². The summed E-state index contributed by atoms with van der Waals surface area (Å²) in [5.41, 5.74) is 0. The van der Waals surface area contributed by atoms with Crippen LogP contribution in [0.4, 0.5) is 0 Å². The summed E-state index contributed by atoms with van der Waals surface area (Å²) in [6.45, 7) is 0. The van der Waals surface area contributed by atoms with E-state index in [-0.39, 0.29) is 6.42 Å². The van der Waals surface area contributed by atoms with Gasteiger partial charge in [0.25, 0.3) is 0 Å². The number of hydrogen-bond donors (Lipinski definition) is 0. The number of carboxylic acids is 2. The van der Waals surface area contributed by atoms with Gasteiger partial charge in [0.2, 0.25) is 0 Å². The minimum absolute atomic E-state index is 0.0671. The molecule has 0 atom stereocenters. The normalized spacial score (nSPS) is 10.2. The Morgan fingerprint density at radius 3 is 2.38 bits per heavy atom. The molecule has 0 amide bonds. The van der Waals surface area contributed by atoms with Crippen molar-refractivity contribution in [3.63, 3.8) is 0 Å². The van der Waals surface area contributed by atoms with E-state index in [1.807, 2.05) is 0 Å². The van der Waals surface area contributed by atoms with Gasteiger partial charge in [0, 0.05) is 10.8 Å². The average Bonchev–Trinajstić information content (AvgIpc) is 2.50. The van der Waals surface area contributed by atoms with Crippen molar-refractivity contribution < 1.29 is 19.8 Å². The molecule has 5 heteroatoms. The van der Waals surface area contributed by atoms with Gasteiger partial charge in [-0.05, 0) is 17.9 Å². The van der Waals surface area contributed by atoms with Gasteiger partial charge in [0.15, 0.2) is 0 Å². The molecule has 0 aliphatic rings. The monoisotopic (exact) mass is 198 g/mol. The van der Waals surface area contributed by atoms with Gasteiger partial charge in [-0.15, -0.1) is 11.3 Å². The van der Waals surface area contributed by atoms with E-state index in [0.29, 0.717) is 4.88 Å². The van der Waals surface area contributed by atoms with Crippen molar-refractivity contribution in [1.29, 1.82) is 0 Å². The van der Waals surface area contributed by atoms with Gasteiger partial charge < -0.3 is 19.8 Å². The molecule has 0 N–H and O–H groups in total. The van der Waals surface area contributed by atoms with Crippen LogP contribution in [0, 0.1) is 5.92 Å². The minimum atomic E-state index is -1.60. The predicted molar refractivity (Wildman–Crippen MR) is 41.5 cm³/mol. The van der Waals surface area contributed by atoms with Crippen LogP contribution in [0.2, 0.25) is 0 Å². The second-order valence-corrected chi connectivity index (χ2v) is 3.51. The lowest BCUT2D eigenvalue weighted by atomic mass is 10.1. The summed E-state index contributed by atoms with van der Waals surface area (Å²) in [4.78, 5) is 21.4. The summed E-state index contributed by atoms with van der Waals surface area (Å²) >= 11 is 1.30. The Kier molecular flexibility index (Phi) is 3.02. The summed E-state index contributed by atoms with van der Waals surface area (Å²) in [5.74, 6) is -4.76. The maximum Gasteiger partial charge on any atom is 0.0505 e. The molecule has 0 aromatic carbocycles. The fraction of sp³-hybridized carbons (Fsp3) is 0.250. The molecule has 1 aromatic heterocycles. The highest BCUT2D eigenvalue weighted by atomic mass is 32.1. The van der Waals surface area contributed by atoms with Crippen LogP contribution < -0.4 is 10.2 Å². The van der Waals surface area contributed by atoms with Crippen LogP contribution in [0.1, 0.15) is 4.88 Å². The van der Waals surface area contributed by atoms with Gasteiger partial charge in [-0.1, -0.05) is 6.07 Å². The van der Waals surface area contributed by atoms with Crippen LogP contribution in [-0.2, 0) is 16.0 Å². The number of carbonyl (C=O) groups is 2. The first-order chi connectivity index (χ1) is 6.11. The van der Waals surface area contributed by atoms with Crippen LogP contribution in [0.25, 0.3) is 0 Å². The topological polar surface area (TPSA) is 80.3 Å². The van der Waals surface area contributed by atoms with E-state index in [9.17, 15) is 19.8 Å². The van der Waals surface area contributed by atoms with Gasteiger partial charge in [0.1, 0.15) is 0 Å². The smallest absolute Gasteiger partial charge is 0.0505 e. The first kappa shape index (κ1) is 9.73. The molecule has 70 valence electrons. The highest BCUT2D eigenvalue weighted by Gasteiger charge is 2.12. The molecular weight excluding hydrogens is 192 g/mol. The molecule has 0 radical (unpaired) electrons. The van der Waals surface area contributed by atoms with E-state index < -0.39 is 17.9 Å². The van der Waals surface area contributed by atoms with Crippen LogP contribution in [0.3, 0.4) is 0 Å². The summed E-state index contributed by atoms with van der Waals surface area (Å²) < 4.78 is 0. The Morgan fingerprint density at radius 1 is 1.38 bits per heavy atom. The lowest BCUT2D eigenvalue weighted by molar-refractivity contribution is -0.331. The standard InChI is InChI=1S/C8H8O4S/c9-7(10)6(8(11)12)4-5-2-1-3-13-5/h1-3,6H,4H2,(H,9,10)(H,11,12)/p-2. The third-order valence-corrected chi connectivity index (χ3v) is 2.45. The summed E-state index contributed by atoms with van der Waals surface area (Å²) in [6.07, 6.45) is -0.0671. The minimum Gasteiger partial charge on any atom is -0.549 e. The van der Waals surface area contributed by atoms with Crippen LogP contribution in [0.15, 0.2) is 17.5 Å². The molecule has 0 saturated carbocycles.